The van der Waals surface area contributed by atoms with Crippen LogP contribution in [0.1, 0.15) is 18.9 Å². The molecule has 5 nitrogen and oxygen atoms in total. The van der Waals surface area contributed by atoms with Gasteiger partial charge in [0.1, 0.15) is 0 Å². The minimum Gasteiger partial charge on any atom is -0.374 e. The van der Waals surface area contributed by atoms with Gasteiger partial charge in [0.05, 0.1) is 5.25 Å². The number of thioether (sulfide) groups is 1. The van der Waals surface area contributed by atoms with E-state index in [0.717, 1.165) is 11.3 Å². The number of nitrogens with one attached hydrogen (secondary N) is 1. The fourth-order valence-electron chi connectivity index (χ4n) is 1.64. The molecule has 1 unspecified atom stereocenters. The highest BCUT2D eigenvalue weighted by atomic mass is 32.2. The van der Waals surface area contributed by atoms with Crippen LogP contribution >= 0.6 is 23.1 Å². The molecule has 0 radical (unpaired) electrons. The fourth-order valence-corrected chi connectivity index (χ4v) is 3.44. The zero-order valence-electron chi connectivity index (χ0n) is 11.3. The number of carbonyl (C=O) groups is 1. The maximum Gasteiger partial charge on any atom is 0.237 e. The van der Waals surface area contributed by atoms with E-state index in [2.05, 4.69) is 15.5 Å². The number of carbonyl (C=O) groups excluding carboxylic acids is 1. The number of benzene rings is 1. The lowest BCUT2D eigenvalue weighted by molar-refractivity contribution is -0.115. The molecular weight excluding hydrogens is 292 g/mol. The van der Waals surface area contributed by atoms with Crippen molar-refractivity contribution in [1.29, 1.82) is 0 Å². The third-order valence-corrected chi connectivity index (χ3v) is 4.93. The van der Waals surface area contributed by atoms with Crippen molar-refractivity contribution < 1.29 is 4.79 Å². The van der Waals surface area contributed by atoms with Crippen LogP contribution in [-0.2, 0) is 4.79 Å². The molecule has 0 bridgehead atoms. The summed E-state index contributed by atoms with van der Waals surface area (Å²) in [5.74, 6) is -0.0272. The first-order chi connectivity index (χ1) is 9.60. The van der Waals surface area contributed by atoms with Gasteiger partial charge in [-0.2, -0.15) is 0 Å². The van der Waals surface area contributed by atoms with Gasteiger partial charge in [0.25, 0.3) is 0 Å². The van der Waals surface area contributed by atoms with Crippen LogP contribution in [-0.4, -0.2) is 21.4 Å². The summed E-state index contributed by atoms with van der Waals surface area (Å²) in [5, 5.41) is 10.9. The number of hydrogen-bond donors (Lipinski definition) is 2. The minimum atomic E-state index is -0.207. The first-order valence-electron chi connectivity index (χ1n) is 6.22. The fraction of sp³-hybridized carbons (Fsp3) is 0.308. The van der Waals surface area contributed by atoms with Crippen LogP contribution in [0.3, 0.4) is 0 Å². The third-order valence-electron chi connectivity index (χ3n) is 2.73. The largest absolute Gasteiger partial charge is 0.374 e. The van der Waals surface area contributed by atoms with Crippen molar-refractivity contribution in [3.63, 3.8) is 0 Å². The molecule has 0 saturated carbocycles. The Morgan fingerprint density at radius 3 is 2.80 bits per heavy atom. The monoisotopic (exact) mass is 308 g/mol. The standard InChI is InChI=1S/C13H16N4OS2/c1-3-10(19-13-17-16-12(14)20-13)11(18)15-9-7-5-4-6-8(9)2/h4-7,10H,3H2,1-2H3,(H2,14,16)(H,15,18). The van der Waals surface area contributed by atoms with Crippen LogP contribution in [0.25, 0.3) is 0 Å². The van der Waals surface area contributed by atoms with Gasteiger partial charge < -0.3 is 11.1 Å². The second-order valence-corrected chi connectivity index (χ2v) is 6.68. The summed E-state index contributed by atoms with van der Waals surface area (Å²) in [7, 11) is 0. The molecule has 1 amide bonds. The molecule has 2 rings (SSSR count). The van der Waals surface area contributed by atoms with Gasteiger partial charge in [0.15, 0.2) is 4.34 Å². The Bertz CT molecular complexity index is 600. The molecule has 0 aliphatic rings. The highest BCUT2D eigenvalue weighted by Crippen LogP contribution is 2.30. The molecule has 106 valence electrons. The van der Waals surface area contributed by atoms with Crippen molar-refractivity contribution in [2.75, 3.05) is 11.1 Å². The Morgan fingerprint density at radius 1 is 1.45 bits per heavy atom. The van der Waals surface area contributed by atoms with Gasteiger partial charge in [-0.3, -0.25) is 4.79 Å². The van der Waals surface area contributed by atoms with E-state index in [9.17, 15) is 4.79 Å². The van der Waals surface area contributed by atoms with Gasteiger partial charge in [0.2, 0.25) is 11.0 Å². The van der Waals surface area contributed by atoms with Crippen molar-refractivity contribution >= 4 is 39.8 Å². The summed E-state index contributed by atoms with van der Waals surface area (Å²) in [6, 6.07) is 7.71. The normalized spacial score (nSPS) is 12.1. The maximum atomic E-state index is 12.3. The van der Waals surface area contributed by atoms with Crippen LogP contribution in [0.2, 0.25) is 0 Å². The summed E-state index contributed by atoms with van der Waals surface area (Å²) in [4.78, 5) is 12.3. The molecule has 0 aliphatic carbocycles. The Kier molecular flexibility index (Phi) is 4.97. The van der Waals surface area contributed by atoms with E-state index in [1.807, 2.05) is 38.1 Å². The zero-order chi connectivity index (χ0) is 14.5. The van der Waals surface area contributed by atoms with Gasteiger partial charge in [-0.05, 0) is 25.0 Å². The van der Waals surface area contributed by atoms with E-state index in [4.69, 9.17) is 5.73 Å². The molecule has 2 aromatic rings. The number of nitrogens with two attached hydrogens (primary N) is 1. The van der Waals surface area contributed by atoms with Gasteiger partial charge in [-0.1, -0.05) is 48.2 Å². The average Bonchev–Trinajstić information content (AvgIpc) is 2.84. The van der Waals surface area contributed by atoms with E-state index >= 15 is 0 Å². The van der Waals surface area contributed by atoms with E-state index in [1.54, 1.807) is 0 Å². The van der Waals surface area contributed by atoms with Crippen LogP contribution in [0, 0.1) is 6.92 Å². The Morgan fingerprint density at radius 2 is 2.20 bits per heavy atom. The molecule has 0 spiro atoms. The predicted octanol–water partition coefficient (Wildman–Crippen LogP) is 2.94. The highest BCUT2D eigenvalue weighted by Gasteiger charge is 2.20. The molecule has 1 aromatic heterocycles. The van der Waals surface area contributed by atoms with Gasteiger partial charge in [0, 0.05) is 5.69 Å². The number of amides is 1. The summed E-state index contributed by atoms with van der Waals surface area (Å²) in [6.45, 7) is 3.94. The molecule has 1 aromatic carbocycles. The summed E-state index contributed by atoms with van der Waals surface area (Å²) in [6.07, 6.45) is 0.710. The van der Waals surface area contributed by atoms with Crippen molar-refractivity contribution in [1.82, 2.24) is 10.2 Å². The Hall–Kier alpha value is -1.60. The van der Waals surface area contributed by atoms with Crippen LogP contribution in [0.5, 0.6) is 0 Å². The number of para-hydroxylation sites is 1. The lowest BCUT2D eigenvalue weighted by Gasteiger charge is -2.14. The molecule has 20 heavy (non-hydrogen) atoms. The quantitative estimate of drug-likeness (QED) is 0.830. The van der Waals surface area contributed by atoms with Gasteiger partial charge >= 0.3 is 0 Å². The molecule has 3 N–H and O–H groups in total. The number of nitrogens with zero attached hydrogens (tertiary/aromatic N) is 2. The van der Waals surface area contributed by atoms with Gasteiger partial charge in [-0.15, -0.1) is 10.2 Å². The second kappa shape index (κ2) is 6.71. The summed E-state index contributed by atoms with van der Waals surface area (Å²) < 4.78 is 0.717. The van der Waals surface area contributed by atoms with E-state index in [-0.39, 0.29) is 11.2 Å². The van der Waals surface area contributed by atoms with Crippen molar-refractivity contribution in [3.05, 3.63) is 29.8 Å². The molecule has 7 heteroatoms. The second-order valence-electron chi connectivity index (χ2n) is 4.23. The van der Waals surface area contributed by atoms with Crippen LogP contribution in [0.15, 0.2) is 28.6 Å². The molecule has 1 heterocycles. The van der Waals surface area contributed by atoms with Gasteiger partial charge in [-0.25, -0.2) is 0 Å². The Labute approximate surface area is 126 Å². The van der Waals surface area contributed by atoms with Crippen molar-refractivity contribution in [3.8, 4) is 0 Å². The number of aromatic nitrogens is 2. The summed E-state index contributed by atoms with van der Waals surface area (Å²) >= 11 is 2.69. The first kappa shape index (κ1) is 14.8. The molecular formula is C13H16N4OS2. The molecule has 0 saturated heterocycles. The van der Waals surface area contributed by atoms with Crippen LogP contribution < -0.4 is 11.1 Å². The highest BCUT2D eigenvalue weighted by molar-refractivity contribution is 8.02. The predicted molar refractivity (Wildman–Crippen MR) is 84.1 cm³/mol. The van der Waals surface area contributed by atoms with E-state index in [0.29, 0.717) is 15.9 Å². The van der Waals surface area contributed by atoms with Crippen LogP contribution in [0.4, 0.5) is 10.8 Å². The number of anilines is 2. The number of nitrogen functional groups attached to an aromatic ring is 1. The average molecular weight is 308 g/mol. The Balaban J connectivity index is 2.04. The lowest BCUT2D eigenvalue weighted by Crippen LogP contribution is -2.24. The molecule has 1 atom stereocenters. The number of rotatable bonds is 5. The van der Waals surface area contributed by atoms with E-state index < -0.39 is 0 Å². The van der Waals surface area contributed by atoms with Crippen molar-refractivity contribution in [2.45, 2.75) is 29.9 Å². The SMILES string of the molecule is CCC(Sc1nnc(N)s1)C(=O)Nc1ccccc1C. The summed E-state index contributed by atoms with van der Waals surface area (Å²) in [5.41, 5.74) is 7.43. The number of hydrogen-bond acceptors (Lipinski definition) is 6. The zero-order valence-corrected chi connectivity index (χ0v) is 12.9. The maximum absolute atomic E-state index is 12.3. The smallest absolute Gasteiger partial charge is 0.237 e. The topological polar surface area (TPSA) is 80.9 Å². The first-order valence-corrected chi connectivity index (χ1v) is 7.92. The van der Waals surface area contributed by atoms with E-state index in [1.165, 1.54) is 23.1 Å². The third kappa shape index (κ3) is 3.71. The minimum absolute atomic E-state index is 0.0272. The lowest BCUT2D eigenvalue weighted by atomic mass is 10.2. The molecule has 0 fully saturated rings. The molecule has 0 aliphatic heterocycles. The van der Waals surface area contributed by atoms with Crippen molar-refractivity contribution in [2.24, 2.45) is 0 Å². The number of aryl methyl sites for hydroxylation is 1.